The topological polar surface area (TPSA) is 49.3 Å². The van der Waals surface area contributed by atoms with Gasteiger partial charge in [0, 0.05) is 38.8 Å². The highest BCUT2D eigenvalue weighted by Gasteiger charge is 2.32. The molecule has 2 aliphatic rings. The first-order valence-corrected chi connectivity index (χ1v) is 9.66. The van der Waals surface area contributed by atoms with Crippen molar-refractivity contribution < 1.29 is 9.47 Å². The van der Waals surface area contributed by atoms with Gasteiger partial charge in [-0.1, -0.05) is 6.92 Å². The smallest absolute Gasteiger partial charge is 0.194 e. The van der Waals surface area contributed by atoms with E-state index in [1.165, 1.54) is 0 Å². The van der Waals surface area contributed by atoms with E-state index in [0.717, 1.165) is 71.3 Å². The minimum Gasteiger partial charge on any atom is -0.375 e. The van der Waals surface area contributed by atoms with Crippen molar-refractivity contribution in [3.63, 3.8) is 0 Å². The highest BCUT2D eigenvalue weighted by molar-refractivity contribution is 5.80. The number of aliphatic imine (C=N–C) groups is 1. The van der Waals surface area contributed by atoms with Gasteiger partial charge in [0.1, 0.15) is 6.10 Å². The summed E-state index contributed by atoms with van der Waals surface area (Å²) in [6, 6.07) is 0.570. The molecule has 2 heterocycles. The number of likely N-dealkylation sites (N-methyl/N-ethyl adjacent to an activating group) is 1. The van der Waals surface area contributed by atoms with Gasteiger partial charge in [-0.15, -0.1) is 0 Å². The van der Waals surface area contributed by atoms with E-state index < -0.39 is 0 Å². The standard InChI is InChI=1S/C18H36N4O2/c1-5-19-18(20-9-10-21(6-2)15(3)4)22-11-13-24-17(14-22)16-8-7-12-23-16/h15-17H,5-14H2,1-4H3,(H,19,20). The van der Waals surface area contributed by atoms with Crippen LogP contribution in [0.1, 0.15) is 40.5 Å². The molecule has 6 nitrogen and oxygen atoms in total. The maximum absolute atomic E-state index is 5.95. The lowest BCUT2D eigenvalue weighted by Crippen LogP contribution is -2.53. The Morgan fingerprint density at radius 3 is 2.67 bits per heavy atom. The molecular formula is C18H36N4O2. The van der Waals surface area contributed by atoms with Crippen molar-refractivity contribution in [2.24, 2.45) is 4.99 Å². The Kier molecular flexibility index (Phi) is 8.29. The number of guanidine groups is 1. The summed E-state index contributed by atoms with van der Waals surface area (Å²) in [6.45, 7) is 16.0. The van der Waals surface area contributed by atoms with Crippen molar-refractivity contribution in [1.82, 2.24) is 15.1 Å². The summed E-state index contributed by atoms with van der Waals surface area (Å²) in [5, 5.41) is 3.45. The van der Waals surface area contributed by atoms with Gasteiger partial charge in [0.05, 0.1) is 19.3 Å². The van der Waals surface area contributed by atoms with Crippen LogP contribution in [0.3, 0.4) is 0 Å². The monoisotopic (exact) mass is 340 g/mol. The molecule has 0 saturated carbocycles. The van der Waals surface area contributed by atoms with E-state index >= 15 is 0 Å². The first kappa shape index (κ1) is 19.5. The fourth-order valence-electron chi connectivity index (χ4n) is 3.48. The Hall–Kier alpha value is -0.850. The van der Waals surface area contributed by atoms with E-state index in [1.807, 2.05) is 0 Å². The van der Waals surface area contributed by atoms with Crippen molar-refractivity contribution in [3.8, 4) is 0 Å². The summed E-state index contributed by atoms with van der Waals surface area (Å²) in [7, 11) is 0. The largest absolute Gasteiger partial charge is 0.375 e. The lowest BCUT2D eigenvalue weighted by atomic mass is 10.1. The lowest BCUT2D eigenvalue weighted by Gasteiger charge is -2.37. The van der Waals surface area contributed by atoms with Crippen molar-refractivity contribution >= 4 is 5.96 Å². The molecule has 0 radical (unpaired) electrons. The predicted molar refractivity (Wildman–Crippen MR) is 98.6 cm³/mol. The molecule has 140 valence electrons. The van der Waals surface area contributed by atoms with Crippen LogP contribution in [0.2, 0.25) is 0 Å². The minimum atomic E-state index is 0.174. The molecule has 2 unspecified atom stereocenters. The van der Waals surface area contributed by atoms with Crippen molar-refractivity contribution in [2.75, 3.05) is 52.5 Å². The zero-order chi connectivity index (χ0) is 17.4. The molecule has 0 aromatic rings. The van der Waals surface area contributed by atoms with Gasteiger partial charge in [-0.2, -0.15) is 0 Å². The Morgan fingerprint density at radius 1 is 1.25 bits per heavy atom. The molecule has 2 rings (SSSR count). The number of nitrogens with zero attached hydrogens (tertiary/aromatic N) is 3. The molecule has 24 heavy (non-hydrogen) atoms. The van der Waals surface area contributed by atoms with E-state index in [4.69, 9.17) is 14.5 Å². The van der Waals surface area contributed by atoms with Crippen LogP contribution in [0.15, 0.2) is 4.99 Å². The summed E-state index contributed by atoms with van der Waals surface area (Å²) >= 11 is 0. The lowest BCUT2D eigenvalue weighted by molar-refractivity contribution is -0.0817. The van der Waals surface area contributed by atoms with Gasteiger partial charge in [-0.05, 0) is 40.2 Å². The van der Waals surface area contributed by atoms with Gasteiger partial charge in [0.25, 0.3) is 0 Å². The second kappa shape index (κ2) is 10.2. The summed E-state index contributed by atoms with van der Waals surface area (Å²) in [5.74, 6) is 1.02. The summed E-state index contributed by atoms with van der Waals surface area (Å²) < 4.78 is 11.8. The van der Waals surface area contributed by atoms with Gasteiger partial charge in [-0.25, -0.2) is 0 Å². The van der Waals surface area contributed by atoms with E-state index in [2.05, 4.69) is 42.8 Å². The molecule has 1 N–H and O–H groups in total. The Balaban J connectivity index is 1.91. The number of nitrogens with one attached hydrogen (secondary N) is 1. The third-order valence-corrected chi connectivity index (χ3v) is 4.89. The molecule has 2 aliphatic heterocycles. The van der Waals surface area contributed by atoms with Crippen LogP contribution in [-0.2, 0) is 9.47 Å². The maximum Gasteiger partial charge on any atom is 0.194 e. The first-order chi connectivity index (χ1) is 11.7. The van der Waals surface area contributed by atoms with Crippen molar-refractivity contribution in [3.05, 3.63) is 0 Å². The second-order valence-corrected chi connectivity index (χ2v) is 6.86. The quantitative estimate of drug-likeness (QED) is 0.563. The molecule has 0 bridgehead atoms. The number of rotatable bonds is 7. The zero-order valence-electron chi connectivity index (χ0n) is 16.0. The average molecular weight is 341 g/mol. The molecular weight excluding hydrogens is 304 g/mol. The van der Waals surface area contributed by atoms with Gasteiger partial charge in [-0.3, -0.25) is 9.89 Å². The van der Waals surface area contributed by atoms with Crippen LogP contribution >= 0.6 is 0 Å². The Bertz CT molecular complexity index is 383. The summed E-state index contributed by atoms with van der Waals surface area (Å²) in [6.07, 6.45) is 2.70. The van der Waals surface area contributed by atoms with Gasteiger partial charge < -0.3 is 19.7 Å². The fourth-order valence-corrected chi connectivity index (χ4v) is 3.48. The fraction of sp³-hybridized carbons (Fsp3) is 0.944. The molecule has 0 aliphatic carbocycles. The summed E-state index contributed by atoms with van der Waals surface area (Å²) in [4.78, 5) is 9.65. The van der Waals surface area contributed by atoms with Gasteiger partial charge in [0.2, 0.25) is 0 Å². The van der Waals surface area contributed by atoms with Crippen LogP contribution < -0.4 is 5.32 Å². The van der Waals surface area contributed by atoms with Gasteiger partial charge >= 0.3 is 0 Å². The predicted octanol–water partition coefficient (Wildman–Crippen LogP) is 1.56. The Morgan fingerprint density at radius 2 is 2.04 bits per heavy atom. The van der Waals surface area contributed by atoms with Crippen molar-refractivity contribution in [2.45, 2.75) is 58.8 Å². The highest BCUT2D eigenvalue weighted by atomic mass is 16.5. The first-order valence-electron chi connectivity index (χ1n) is 9.66. The van der Waals surface area contributed by atoms with E-state index in [1.54, 1.807) is 0 Å². The Labute approximate surface area is 147 Å². The molecule has 0 aromatic heterocycles. The van der Waals surface area contributed by atoms with Crippen LogP contribution in [0, 0.1) is 0 Å². The minimum absolute atomic E-state index is 0.174. The second-order valence-electron chi connectivity index (χ2n) is 6.86. The molecule has 0 spiro atoms. The molecule has 6 heteroatoms. The summed E-state index contributed by atoms with van der Waals surface area (Å²) in [5.41, 5.74) is 0. The SMILES string of the molecule is CCNC(=NCCN(CC)C(C)C)N1CCOC(C2CCCO2)C1. The van der Waals surface area contributed by atoms with Gasteiger partial charge in [0.15, 0.2) is 5.96 Å². The van der Waals surface area contributed by atoms with Crippen LogP contribution in [0.25, 0.3) is 0 Å². The van der Waals surface area contributed by atoms with E-state index in [0.29, 0.717) is 6.04 Å². The van der Waals surface area contributed by atoms with Crippen LogP contribution in [0.5, 0.6) is 0 Å². The number of hydrogen-bond acceptors (Lipinski definition) is 4. The normalized spacial score (nSPS) is 25.8. The molecule has 2 atom stereocenters. The molecule has 2 fully saturated rings. The number of hydrogen-bond donors (Lipinski definition) is 1. The molecule has 0 amide bonds. The van der Waals surface area contributed by atoms with Crippen LogP contribution in [0.4, 0.5) is 0 Å². The van der Waals surface area contributed by atoms with Crippen LogP contribution in [-0.4, -0.2) is 86.5 Å². The van der Waals surface area contributed by atoms with Crippen molar-refractivity contribution in [1.29, 1.82) is 0 Å². The number of morpholine rings is 1. The molecule has 0 aromatic carbocycles. The highest BCUT2D eigenvalue weighted by Crippen LogP contribution is 2.21. The van der Waals surface area contributed by atoms with E-state index in [-0.39, 0.29) is 12.2 Å². The maximum atomic E-state index is 5.95. The third kappa shape index (κ3) is 5.60. The average Bonchev–Trinajstić information content (AvgIpc) is 3.12. The number of ether oxygens (including phenoxy) is 2. The third-order valence-electron chi connectivity index (χ3n) is 4.89. The zero-order valence-corrected chi connectivity index (χ0v) is 16.0. The van der Waals surface area contributed by atoms with E-state index in [9.17, 15) is 0 Å². The molecule has 2 saturated heterocycles.